The number of nitrogens with zero attached hydrogens (tertiary/aromatic N) is 3. The second-order valence-electron chi connectivity index (χ2n) is 12.9. The number of hydrogen-bond acceptors (Lipinski definition) is 3. The molecular formula is C47H25N3. The van der Waals surface area contributed by atoms with Gasteiger partial charge in [-0.1, -0.05) is 97.1 Å². The molecule has 3 nitrogen and oxygen atoms in total. The predicted octanol–water partition coefficient (Wildman–Crippen LogP) is 12.1. The smallest absolute Gasteiger partial charge is 0.0998 e. The van der Waals surface area contributed by atoms with Crippen LogP contribution in [0.25, 0.3) is 98.9 Å². The van der Waals surface area contributed by atoms with Crippen LogP contribution in [0.4, 0.5) is 0 Å². The minimum absolute atomic E-state index is 0.642. The van der Waals surface area contributed by atoms with E-state index in [1.165, 1.54) is 33.0 Å². The van der Waals surface area contributed by atoms with E-state index in [0.29, 0.717) is 11.1 Å². The van der Waals surface area contributed by atoms with Crippen LogP contribution in [0.2, 0.25) is 0 Å². The molecule has 228 valence electrons. The van der Waals surface area contributed by atoms with Crippen molar-refractivity contribution in [2.45, 2.75) is 0 Å². The zero-order valence-electron chi connectivity index (χ0n) is 26.8. The van der Waals surface area contributed by atoms with Crippen LogP contribution in [0.1, 0.15) is 11.1 Å². The fourth-order valence-corrected chi connectivity index (χ4v) is 8.17. The number of hydrogen-bond donors (Lipinski definition) is 0. The molecule has 0 radical (unpaired) electrons. The van der Waals surface area contributed by atoms with E-state index in [-0.39, 0.29) is 0 Å². The molecule has 1 aliphatic rings. The Kier molecular flexibility index (Phi) is 6.00. The van der Waals surface area contributed by atoms with Gasteiger partial charge in [0, 0.05) is 22.9 Å². The Morgan fingerprint density at radius 1 is 0.340 bits per heavy atom. The molecule has 50 heavy (non-hydrogen) atoms. The Labute approximate surface area is 288 Å². The van der Waals surface area contributed by atoms with Crippen molar-refractivity contribution in [3.05, 3.63) is 163 Å². The van der Waals surface area contributed by atoms with Gasteiger partial charge in [-0.05, 0) is 125 Å². The van der Waals surface area contributed by atoms with Crippen molar-refractivity contribution in [3.8, 4) is 67.9 Å². The molecule has 3 heteroatoms. The first kappa shape index (κ1) is 28.0. The first-order chi connectivity index (χ1) is 24.7. The Hall–Kier alpha value is -7.07. The maximum Gasteiger partial charge on any atom is 0.0998 e. The molecule has 9 aromatic rings. The average molecular weight is 632 g/mol. The van der Waals surface area contributed by atoms with Gasteiger partial charge in [0.1, 0.15) is 0 Å². The van der Waals surface area contributed by atoms with Gasteiger partial charge in [0.2, 0.25) is 0 Å². The highest BCUT2D eigenvalue weighted by molar-refractivity contribution is 6.27. The van der Waals surface area contributed by atoms with E-state index in [1.54, 1.807) is 0 Å². The molecule has 0 bridgehead atoms. The minimum atomic E-state index is 0.642. The maximum atomic E-state index is 10.3. The topological polar surface area (TPSA) is 60.5 Å². The van der Waals surface area contributed by atoms with E-state index in [1.807, 2.05) is 60.8 Å². The summed E-state index contributed by atoms with van der Waals surface area (Å²) in [6, 6.07) is 55.4. The lowest BCUT2D eigenvalue weighted by atomic mass is 9.85. The molecule has 8 aromatic carbocycles. The molecule has 1 aliphatic carbocycles. The third kappa shape index (κ3) is 3.93. The van der Waals surface area contributed by atoms with Crippen LogP contribution in [0, 0.1) is 22.7 Å². The van der Waals surface area contributed by atoms with E-state index in [4.69, 9.17) is 4.98 Å². The summed E-state index contributed by atoms with van der Waals surface area (Å²) in [6.45, 7) is 0. The van der Waals surface area contributed by atoms with Gasteiger partial charge in [0.05, 0.1) is 29.0 Å². The van der Waals surface area contributed by atoms with Gasteiger partial charge in [-0.2, -0.15) is 10.5 Å². The molecular weight excluding hydrogens is 607 g/mol. The molecule has 10 rings (SSSR count). The highest BCUT2D eigenvalue weighted by Crippen LogP contribution is 2.52. The lowest BCUT2D eigenvalue weighted by molar-refractivity contribution is 1.33. The summed E-state index contributed by atoms with van der Waals surface area (Å²) in [7, 11) is 0. The molecule has 0 amide bonds. The van der Waals surface area contributed by atoms with Gasteiger partial charge in [-0.15, -0.1) is 0 Å². The molecule has 1 heterocycles. The molecule has 0 fully saturated rings. The number of pyridine rings is 1. The molecule has 1 aromatic heterocycles. The van der Waals surface area contributed by atoms with Gasteiger partial charge in [-0.25, -0.2) is 0 Å². The zero-order valence-corrected chi connectivity index (χ0v) is 26.8. The number of nitriles is 2. The van der Waals surface area contributed by atoms with Crippen LogP contribution in [-0.4, -0.2) is 4.98 Å². The zero-order chi connectivity index (χ0) is 33.3. The van der Waals surface area contributed by atoms with Crippen LogP contribution in [0.5, 0.6) is 0 Å². The summed E-state index contributed by atoms with van der Waals surface area (Å²) in [6.07, 6.45) is 1.85. The summed E-state index contributed by atoms with van der Waals surface area (Å²) in [5.41, 5.74) is 12.0. The third-order valence-electron chi connectivity index (χ3n) is 10.4. The highest BCUT2D eigenvalue weighted by Gasteiger charge is 2.26. The first-order valence-electron chi connectivity index (χ1n) is 16.7. The molecule has 0 atom stereocenters. The maximum absolute atomic E-state index is 10.3. The number of aromatic nitrogens is 1. The lowest BCUT2D eigenvalue weighted by Crippen LogP contribution is -1.92. The summed E-state index contributed by atoms with van der Waals surface area (Å²) in [4.78, 5) is 4.69. The van der Waals surface area contributed by atoms with Crippen LogP contribution >= 0.6 is 0 Å². The normalized spacial score (nSPS) is 11.6. The average Bonchev–Trinajstić information content (AvgIpc) is 3.50. The third-order valence-corrected chi connectivity index (χ3v) is 10.4. The molecule has 0 spiro atoms. The second-order valence-corrected chi connectivity index (χ2v) is 12.9. The van der Waals surface area contributed by atoms with Gasteiger partial charge >= 0.3 is 0 Å². The number of fused-ring (bicyclic) bond motifs is 8. The van der Waals surface area contributed by atoms with E-state index in [2.05, 4.69) is 103 Å². The van der Waals surface area contributed by atoms with Crippen LogP contribution in [-0.2, 0) is 0 Å². The van der Waals surface area contributed by atoms with Crippen LogP contribution < -0.4 is 0 Å². The SMILES string of the molecule is N#Cc1ccccc1-c1cc2c3cc4c(cc3c(-c3ccccc3C#N)cc2c2ccccc12)-c1cccc2c(-c3ccccn3)ccc-4c12. The summed E-state index contributed by atoms with van der Waals surface area (Å²) >= 11 is 0. The molecule has 0 saturated carbocycles. The largest absolute Gasteiger partial charge is 0.256 e. The highest BCUT2D eigenvalue weighted by atomic mass is 14.7. The fraction of sp³-hybridized carbons (Fsp3) is 0. The summed E-state index contributed by atoms with van der Waals surface area (Å²) in [5, 5.41) is 29.4. The van der Waals surface area contributed by atoms with Crippen molar-refractivity contribution in [1.82, 2.24) is 4.98 Å². The van der Waals surface area contributed by atoms with E-state index in [9.17, 15) is 10.5 Å². The summed E-state index contributed by atoms with van der Waals surface area (Å²) < 4.78 is 0. The van der Waals surface area contributed by atoms with Crippen LogP contribution in [0.15, 0.2) is 152 Å². The minimum Gasteiger partial charge on any atom is -0.256 e. The van der Waals surface area contributed by atoms with E-state index >= 15 is 0 Å². The molecule has 0 unspecified atom stereocenters. The van der Waals surface area contributed by atoms with Gasteiger partial charge in [0.15, 0.2) is 0 Å². The van der Waals surface area contributed by atoms with Crippen molar-refractivity contribution >= 4 is 43.1 Å². The Morgan fingerprint density at radius 2 is 0.840 bits per heavy atom. The Bertz CT molecular complexity index is 3000. The van der Waals surface area contributed by atoms with Gasteiger partial charge in [-0.3, -0.25) is 4.98 Å². The standard InChI is InChI=1S/C47H25N3/c48-26-28-10-1-3-12-30(28)38-22-44-40(33-15-6-5-14-32(33)38)23-39(31-13-4-2-11-29(31)27-49)43-24-41-36-17-9-16-35-34(46-18-7-8-21-50-46)19-20-37(47(35)36)42(41)25-45(43)44/h1-25H. The van der Waals surface area contributed by atoms with Gasteiger partial charge in [0.25, 0.3) is 0 Å². The van der Waals surface area contributed by atoms with E-state index in [0.717, 1.165) is 65.8 Å². The Morgan fingerprint density at radius 3 is 1.54 bits per heavy atom. The second kappa shape index (κ2) is 10.7. The van der Waals surface area contributed by atoms with Gasteiger partial charge < -0.3 is 0 Å². The van der Waals surface area contributed by atoms with Crippen molar-refractivity contribution < 1.29 is 0 Å². The first-order valence-corrected chi connectivity index (χ1v) is 16.7. The summed E-state index contributed by atoms with van der Waals surface area (Å²) in [5.74, 6) is 0. The quantitative estimate of drug-likeness (QED) is 0.182. The van der Waals surface area contributed by atoms with Crippen molar-refractivity contribution in [2.75, 3.05) is 0 Å². The fourth-order valence-electron chi connectivity index (χ4n) is 8.17. The predicted molar refractivity (Wildman–Crippen MR) is 204 cm³/mol. The van der Waals surface area contributed by atoms with Crippen LogP contribution in [0.3, 0.4) is 0 Å². The number of benzene rings is 8. The Balaban J connectivity index is 1.37. The lowest BCUT2D eigenvalue weighted by Gasteiger charge is -2.18. The monoisotopic (exact) mass is 631 g/mol. The molecule has 0 saturated heterocycles. The number of rotatable bonds is 3. The molecule has 0 aliphatic heterocycles. The van der Waals surface area contributed by atoms with Crippen molar-refractivity contribution in [3.63, 3.8) is 0 Å². The van der Waals surface area contributed by atoms with E-state index < -0.39 is 0 Å². The molecule has 0 N–H and O–H groups in total. The van der Waals surface area contributed by atoms with Crippen molar-refractivity contribution in [2.24, 2.45) is 0 Å². The van der Waals surface area contributed by atoms with Crippen molar-refractivity contribution in [1.29, 1.82) is 10.5 Å².